The highest BCUT2D eigenvalue weighted by Crippen LogP contribution is 2.21. The first-order valence-corrected chi connectivity index (χ1v) is 11.6. The van der Waals surface area contributed by atoms with Crippen molar-refractivity contribution in [3.8, 4) is 0 Å². The number of pyridine rings is 1. The average Bonchev–Trinajstić information content (AvgIpc) is 3.04. The van der Waals surface area contributed by atoms with Crippen molar-refractivity contribution in [2.45, 2.75) is 33.7 Å². The van der Waals surface area contributed by atoms with Gasteiger partial charge >= 0.3 is 6.03 Å². The molecule has 6 heteroatoms. The van der Waals surface area contributed by atoms with Crippen molar-refractivity contribution in [1.82, 2.24) is 9.88 Å². The molecule has 1 aliphatic rings. The minimum atomic E-state index is -0.261. The van der Waals surface area contributed by atoms with Crippen LogP contribution in [0.15, 0.2) is 60.8 Å². The van der Waals surface area contributed by atoms with Gasteiger partial charge in [-0.2, -0.15) is 0 Å². The van der Waals surface area contributed by atoms with Gasteiger partial charge in [0, 0.05) is 38.4 Å². The number of rotatable bonds is 5. The van der Waals surface area contributed by atoms with Crippen molar-refractivity contribution in [3.63, 3.8) is 0 Å². The van der Waals surface area contributed by atoms with Crippen molar-refractivity contribution in [2.75, 3.05) is 41.7 Å². The van der Waals surface area contributed by atoms with Crippen LogP contribution in [-0.4, -0.2) is 42.1 Å². The predicted molar refractivity (Wildman–Crippen MR) is 136 cm³/mol. The number of anilines is 3. The van der Waals surface area contributed by atoms with Crippen LogP contribution in [0.2, 0.25) is 0 Å². The number of nitrogens with one attached hydrogen (secondary N) is 2. The molecule has 0 radical (unpaired) electrons. The van der Waals surface area contributed by atoms with E-state index in [9.17, 15) is 4.79 Å². The molecular weight excluding hydrogens is 410 g/mol. The largest absolute Gasteiger partial charge is 0.355 e. The van der Waals surface area contributed by atoms with E-state index >= 15 is 0 Å². The zero-order chi connectivity index (χ0) is 23.2. The van der Waals surface area contributed by atoms with Gasteiger partial charge in [-0.05, 0) is 56.0 Å². The Labute approximate surface area is 196 Å². The molecule has 0 bridgehead atoms. The van der Waals surface area contributed by atoms with Crippen LogP contribution in [0.3, 0.4) is 0 Å². The molecule has 6 nitrogen and oxygen atoms in total. The first kappa shape index (κ1) is 22.8. The third-order valence-electron chi connectivity index (χ3n) is 6.16. The summed E-state index contributed by atoms with van der Waals surface area (Å²) in [5.74, 6) is 0.952. The highest BCUT2D eigenvalue weighted by Gasteiger charge is 2.16. The first-order valence-electron chi connectivity index (χ1n) is 11.6. The molecule has 0 atom stereocenters. The van der Waals surface area contributed by atoms with Crippen molar-refractivity contribution in [1.29, 1.82) is 0 Å². The van der Waals surface area contributed by atoms with Crippen LogP contribution in [0.5, 0.6) is 0 Å². The number of hydrogen-bond acceptors (Lipinski definition) is 4. The third kappa shape index (κ3) is 6.11. The number of carbonyl (C=O) groups excluding carboxylic acids is 1. The highest BCUT2D eigenvalue weighted by molar-refractivity contribution is 6.00. The normalized spacial score (nSPS) is 14.6. The van der Waals surface area contributed by atoms with Gasteiger partial charge in [0.05, 0.1) is 11.9 Å². The maximum Gasteiger partial charge on any atom is 0.323 e. The van der Waals surface area contributed by atoms with E-state index in [0.717, 1.165) is 61.8 Å². The molecule has 0 saturated carbocycles. The van der Waals surface area contributed by atoms with Gasteiger partial charge in [-0.15, -0.1) is 0 Å². The lowest BCUT2D eigenvalue weighted by Gasteiger charge is -2.23. The second-order valence-electron chi connectivity index (χ2n) is 8.85. The number of aromatic nitrogens is 1. The van der Waals surface area contributed by atoms with Crippen LogP contribution in [0.1, 0.15) is 28.7 Å². The third-order valence-corrected chi connectivity index (χ3v) is 6.16. The summed E-state index contributed by atoms with van der Waals surface area (Å²) in [6.07, 6.45) is 2.83. The number of aryl methyl sites for hydroxylation is 3. The molecule has 1 aliphatic heterocycles. The summed E-state index contributed by atoms with van der Waals surface area (Å²) in [5, 5.41) is 5.83. The van der Waals surface area contributed by atoms with E-state index in [4.69, 9.17) is 0 Å². The first-order chi connectivity index (χ1) is 16.0. The van der Waals surface area contributed by atoms with Crippen LogP contribution in [0.4, 0.5) is 22.0 Å². The number of amides is 2. The van der Waals surface area contributed by atoms with E-state index in [1.807, 2.05) is 44.2 Å². The Morgan fingerprint density at radius 3 is 2.33 bits per heavy atom. The molecule has 1 fully saturated rings. The summed E-state index contributed by atoms with van der Waals surface area (Å²) < 4.78 is 0. The molecule has 2 heterocycles. The quantitative estimate of drug-likeness (QED) is 0.557. The minimum absolute atomic E-state index is 0.261. The smallest absolute Gasteiger partial charge is 0.323 e. The summed E-state index contributed by atoms with van der Waals surface area (Å²) in [7, 11) is 0. The minimum Gasteiger partial charge on any atom is -0.355 e. The number of hydrogen-bond donors (Lipinski definition) is 2. The molecule has 33 heavy (non-hydrogen) atoms. The summed E-state index contributed by atoms with van der Waals surface area (Å²) in [6, 6.07) is 18.4. The van der Waals surface area contributed by atoms with Gasteiger partial charge in [-0.1, -0.05) is 48.0 Å². The Morgan fingerprint density at radius 2 is 1.64 bits per heavy atom. The lowest BCUT2D eigenvalue weighted by Crippen LogP contribution is -2.31. The Balaban J connectivity index is 1.31. The number of para-hydroxylation sites is 1. The molecule has 4 rings (SSSR count). The van der Waals surface area contributed by atoms with Crippen molar-refractivity contribution in [2.24, 2.45) is 0 Å². The summed E-state index contributed by atoms with van der Waals surface area (Å²) in [4.78, 5) is 21.9. The predicted octanol–water partition coefficient (Wildman–Crippen LogP) is 5.36. The zero-order valence-corrected chi connectivity index (χ0v) is 19.8. The second kappa shape index (κ2) is 10.5. The van der Waals surface area contributed by atoms with Crippen molar-refractivity contribution >= 4 is 23.2 Å². The lowest BCUT2D eigenvalue weighted by atomic mass is 10.1. The summed E-state index contributed by atoms with van der Waals surface area (Å²) >= 11 is 0. The molecule has 2 aromatic carbocycles. The van der Waals surface area contributed by atoms with Crippen LogP contribution in [-0.2, 0) is 6.54 Å². The van der Waals surface area contributed by atoms with Gasteiger partial charge in [0.2, 0.25) is 0 Å². The van der Waals surface area contributed by atoms with Gasteiger partial charge < -0.3 is 15.5 Å². The molecule has 2 amide bonds. The molecule has 0 spiro atoms. The number of carbonyl (C=O) groups is 1. The van der Waals surface area contributed by atoms with Crippen LogP contribution < -0.4 is 15.5 Å². The van der Waals surface area contributed by atoms with E-state index in [0.29, 0.717) is 5.69 Å². The van der Waals surface area contributed by atoms with Crippen molar-refractivity contribution < 1.29 is 4.79 Å². The van der Waals surface area contributed by atoms with Crippen molar-refractivity contribution in [3.05, 3.63) is 83.0 Å². The summed E-state index contributed by atoms with van der Waals surface area (Å²) in [6.45, 7) is 11.1. The average molecular weight is 444 g/mol. The van der Waals surface area contributed by atoms with E-state index in [1.54, 1.807) is 6.20 Å². The summed E-state index contributed by atoms with van der Waals surface area (Å²) in [5.41, 5.74) is 6.26. The van der Waals surface area contributed by atoms with E-state index < -0.39 is 0 Å². The van der Waals surface area contributed by atoms with Gasteiger partial charge in [0.15, 0.2) is 0 Å². The Bertz CT molecular complexity index is 1060. The topological polar surface area (TPSA) is 60.5 Å². The van der Waals surface area contributed by atoms with Crippen LogP contribution >= 0.6 is 0 Å². The number of urea groups is 1. The fourth-order valence-corrected chi connectivity index (χ4v) is 4.24. The standard InChI is InChI=1S/C27H33N5O/c1-20-8-10-23(11-9-20)19-31-14-5-15-32(17-16-31)25-13-12-24(18-28-25)29-27(33)30-26-21(2)6-4-7-22(26)3/h4,6-13,18H,5,14-17,19H2,1-3H3,(H2,29,30,33). The molecule has 1 aromatic heterocycles. The van der Waals surface area contributed by atoms with E-state index in [1.165, 1.54) is 11.1 Å². The Hall–Kier alpha value is -3.38. The fraction of sp³-hybridized carbons (Fsp3) is 0.333. The second-order valence-corrected chi connectivity index (χ2v) is 8.85. The zero-order valence-electron chi connectivity index (χ0n) is 19.8. The highest BCUT2D eigenvalue weighted by atomic mass is 16.2. The molecule has 0 aliphatic carbocycles. The number of nitrogens with zero attached hydrogens (tertiary/aromatic N) is 3. The lowest BCUT2D eigenvalue weighted by molar-refractivity contribution is 0.262. The van der Waals surface area contributed by atoms with Crippen LogP contribution in [0, 0.1) is 20.8 Å². The molecular formula is C27H33N5O. The Morgan fingerprint density at radius 1 is 0.879 bits per heavy atom. The fourth-order valence-electron chi connectivity index (χ4n) is 4.24. The SMILES string of the molecule is Cc1ccc(CN2CCCN(c3ccc(NC(=O)Nc4c(C)cccc4C)cn3)CC2)cc1. The van der Waals surface area contributed by atoms with E-state index in [2.05, 4.69) is 56.6 Å². The van der Waals surface area contributed by atoms with Gasteiger partial charge in [-0.25, -0.2) is 9.78 Å². The molecule has 1 saturated heterocycles. The van der Waals surface area contributed by atoms with Gasteiger partial charge in [-0.3, -0.25) is 4.90 Å². The van der Waals surface area contributed by atoms with Gasteiger partial charge in [0.25, 0.3) is 0 Å². The maximum absolute atomic E-state index is 12.5. The van der Waals surface area contributed by atoms with Crippen LogP contribution in [0.25, 0.3) is 0 Å². The van der Waals surface area contributed by atoms with E-state index in [-0.39, 0.29) is 6.03 Å². The molecule has 2 N–H and O–H groups in total. The van der Waals surface area contributed by atoms with Gasteiger partial charge in [0.1, 0.15) is 5.82 Å². The number of benzene rings is 2. The Kier molecular flexibility index (Phi) is 7.25. The molecule has 172 valence electrons. The monoisotopic (exact) mass is 443 g/mol. The molecule has 0 unspecified atom stereocenters. The molecule has 3 aromatic rings. The maximum atomic E-state index is 12.5.